The molecule has 2 aromatic rings. The van der Waals surface area contributed by atoms with Crippen LogP contribution in [0.5, 0.6) is 0 Å². The lowest BCUT2D eigenvalue weighted by atomic mass is 9.94. The molecule has 28 heavy (non-hydrogen) atoms. The maximum Gasteiger partial charge on any atom is 0.270 e. The van der Waals surface area contributed by atoms with Gasteiger partial charge in [0.25, 0.3) is 5.91 Å². The summed E-state index contributed by atoms with van der Waals surface area (Å²) in [5, 5.41) is 14.6. The molecule has 0 bridgehead atoms. The van der Waals surface area contributed by atoms with Crippen molar-refractivity contribution >= 4 is 11.6 Å². The second-order valence-corrected chi connectivity index (χ2v) is 6.54. The van der Waals surface area contributed by atoms with Crippen LogP contribution in [-0.2, 0) is 11.2 Å². The Hall–Kier alpha value is -2.64. The number of carbonyl (C=O) groups is 1. The topological polar surface area (TPSA) is 73.7 Å². The summed E-state index contributed by atoms with van der Waals surface area (Å²) in [7, 11) is 0. The average Bonchev–Trinajstić information content (AvgIpc) is 2.91. The normalized spacial score (nSPS) is 13.5. The number of aliphatic hydroxyl groups excluding tert-OH is 1. The summed E-state index contributed by atoms with van der Waals surface area (Å²) < 4.78 is 27.8. The van der Waals surface area contributed by atoms with E-state index in [0.29, 0.717) is 43.0 Å². The van der Waals surface area contributed by atoms with E-state index < -0.39 is 11.6 Å². The molecule has 0 saturated heterocycles. The van der Waals surface area contributed by atoms with Gasteiger partial charge in [-0.2, -0.15) is 0 Å². The van der Waals surface area contributed by atoms with Gasteiger partial charge in [-0.3, -0.25) is 9.79 Å². The van der Waals surface area contributed by atoms with Gasteiger partial charge in [0.15, 0.2) is 11.6 Å². The first-order valence-electron chi connectivity index (χ1n) is 9.33. The maximum atomic E-state index is 14.2. The number of amides is 1. The highest BCUT2D eigenvalue weighted by molar-refractivity contribution is 6.45. The number of nitrogens with one attached hydrogen (secondary N) is 2. The lowest BCUT2D eigenvalue weighted by Crippen LogP contribution is -2.37. The van der Waals surface area contributed by atoms with Gasteiger partial charge in [-0.25, -0.2) is 8.78 Å². The van der Waals surface area contributed by atoms with Crippen LogP contribution in [-0.4, -0.2) is 49.5 Å². The number of nitrogens with zero attached hydrogens (tertiary/aromatic N) is 1. The van der Waals surface area contributed by atoms with Crippen molar-refractivity contribution in [3.63, 3.8) is 0 Å². The van der Waals surface area contributed by atoms with Crippen LogP contribution in [0.25, 0.3) is 11.1 Å². The maximum absolute atomic E-state index is 14.2. The van der Waals surface area contributed by atoms with Crippen LogP contribution >= 0.6 is 0 Å². The fourth-order valence-corrected chi connectivity index (χ4v) is 3.20. The van der Waals surface area contributed by atoms with E-state index in [1.165, 1.54) is 12.1 Å². The molecule has 0 unspecified atom stereocenters. The van der Waals surface area contributed by atoms with E-state index >= 15 is 0 Å². The molecule has 7 heteroatoms. The summed E-state index contributed by atoms with van der Waals surface area (Å²) in [5.74, 6) is -2.12. The zero-order valence-electron chi connectivity index (χ0n) is 15.5. The largest absolute Gasteiger partial charge is 0.395 e. The molecule has 0 aliphatic carbocycles. The molecule has 0 saturated carbocycles. The number of hydrogen-bond donors (Lipinski definition) is 3. The van der Waals surface area contributed by atoms with Crippen molar-refractivity contribution < 1.29 is 18.7 Å². The minimum Gasteiger partial charge on any atom is -0.395 e. The van der Waals surface area contributed by atoms with Gasteiger partial charge in [0.05, 0.1) is 6.61 Å². The molecule has 0 spiro atoms. The van der Waals surface area contributed by atoms with Gasteiger partial charge in [0.1, 0.15) is 5.71 Å². The summed E-state index contributed by atoms with van der Waals surface area (Å²) >= 11 is 0. The summed E-state index contributed by atoms with van der Waals surface area (Å²) in [6.07, 6.45) is 1.58. The molecule has 5 nitrogen and oxygen atoms in total. The van der Waals surface area contributed by atoms with Gasteiger partial charge in [-0.15, -0.1) is 0 Å². The summed E-state index contributed by atoms with van der Waals surface area (Å²) in [6, 6.07) is 9.36. The lowest BCUT2D eigenvalue weighted by molar-refractivity contribution is -0.114. The van der Waals surface area contributed by atoms with Crippen molar-refractivity contribution in [3.8, 4) is 11.1 Å². The third kappa shape index (κ3) is 4.61. The molecule has 1 amide bonds. The second kappa shape index (κ2) is 9.52. The first kappa shape index (κ1) is 20.1. The lowest BCUT2D eigenvalue weighted by Gasteiger charge is -2.13. The Kier molecular flexibility index (Phi) is 6.84. The van der Waals surface area contributed by atoms with Gasteiger partial charge in [0, 0.05) is 37.3 Å². The molecule has 0 atom stereocenters. The molecule has 0 radical (unpaired) electrons. The number of carbonyl (C=O) groups excluding carboxylic acids is 1. The third-order valence-corrected chi connectivity index (χ3v) is 4.59. The van der Waals surface area contributed by atoms with Crippen LogP contribution in [0.3, 0.4) is 0 Å². The monoisotopic (exact) mass is 387 g/mol. The summed E-state index contributed by atoms with van der Waals surface area (Å²) in [5.41, 5.74) is 2.58. The number of aryl methyl sites for hydroxylation is 1. The van der Waals surface area contributed by atoms with E-state index in [-0.39, 0.29) is 18.1 Å². The number of benzene rings is 2. The molecule has 3 rings (SSSR count). The van der Waals surface area contributed by atoms with E-state index in [4.69, 9.17) is 5.11 Å². The van der Waals surface area contributed by atoms with Crippen molar-refractivity contribution in [2.24, 2.45) is 4.99 Å². The van der Waals surface area contributed by atoms with Crippen LogP contribution in [0.1, 0.15) is 17.5 Å². The van der Waals surface area contributed by atoms with Crippen LogP contribution < -0.4 is 10.6 Å². The highest BCUT2D eigenvalue weighted by Gasteiger charge is 2.21. The Bertz CT molecular complexity index is 884. The van der Waals surface area contributed by atoms with Gasteiger partial charge in [-0.1, -0.05) is 24.3 Å². The quantitative estimate of drug-likeness (QED) is 0.637. The Morgan fingerprint density at radius 1 is 1.11 bits per heavy atom. The van der Waals surface area contributed by atoms with Crippen molar-refractivity contribution in [1.82, 2.24) is 10.6 Å². The number of rotatable bonds is 7. The summed E-state index contributed by atoms with van der Waals surface area (Å²) in [6.45, 7) is 1.95. The van der Waals surface area contributed by atoms with Gasteiger partial charge in [-0.05, 0) is 36.1 Å². The Morgan fingerprint density at radius 3 is 2.79 bits per heavy atom. The molecule has 148 valence electrons. The van der Waals surface area contributed by atoms with Crippen LogP contribution in [0.2, 0.25) is 0 Å². The molecule has 1 aliphatic rings. The van der Waals surface area contributed by atoms with Crippen LogP contribution in [0, 0.1) is 11.6 Å². The zero-order chi connectivity index (χ0) is 19.9. The fraction of sp³-hybridized carbons (Fsp3) is 0.333. The predicted molar refractivity (Wildman–Crippen MR) is 104 cm³/mol. The van der Waals surface area contributed by atoms with Gasteiger partial charge in [0.2, 0.25) is 0 Å². The van der Waals surface area contributed by atoms with Crippen LogP contribution in [0.15, 0.2) is 41.4 Å². The van der Waals surface area contributed by atoms with Crippen molar-refractivity contribution in [2.45, 2.75) is 12.8 Å². The van der Waals surface area contributed by atoms with Crippen molar-refractivity contribution in [1.29, 1.82) is 0 Å². The highest BCUT2D eigenvalue weighted by Crippen LogP contribution is 2.28. The minimum atomic E-state index is -0.908. The molecule has 1 aliphatic heterocycles. The third-order valence-electron chi connectivity index (χ3n) is 4.59. The highest BCUT2D eigenvalue weighted by atomic mass is 19.2. The van der Waals surface area contributed by atoms with E-state index in [1.807, 2.05) is 6.07 Å². The molecule has 1 heterocycles. The Morgan fingerprint density at radius 2 is 1.96 bits per heavy atom. The molecular formula is C21H23F2N3O2. The number of hydrogen-bond acceptors (Lipinski definition) is 4. The van der Waals surface area contributed by atoms with E-state index in [1.54, 1.807) is 12.1 Å². The predicted octanol–water partition coefficient (Wildman–Crippen LogP) is 2.07. The van der Waals surface area contributed by atoms with Gasteiger partial charge >= 0.3 is 0 Å². The van der Waals surface area contributed by atoms with Gasteiger partial charge < -0.3 is 15.7 Å². The number of halogens is 2. The first-order valence-corrected chi connectivity index (χ1v) is 9.33. The van der Waals surface area contributed by atoms with E-state index in [2.05, 4.69) is 15.6 Å². The number of aliphatic hydroxyl groups is 1. The Labute approximate surface area is 162 Å². The second-order valence-electron chi connectivity index (χ2n) is 6.54. The standard InChI is InChI=1S/C21H23F2N3O2/c22-18-5-1-4-16(19(18)23)15-7-6-14-3-2-8-25-20(17(14)13-15)21(28)26-10-9-24-11-12-27/h1,4-7,13,24,27H,2-3,8-12H2,(H,26,28). The number of aliphatic imine (C=N–C) groups is 1. The average molecular weight is 387 g/mol. The SMILES string of the molecule is O=C(NCCNCCO)C1=NCCCc2ccc(-c3cccc(F)c3F)cc21. The number of fused-ring (bicyclic) bond motifs is 1. The van der Waals surface area contributed by atoms with Crippen molar-refractivity contribution in [2.75, 3.05) is 32.8 Å². The zero-order valence-corrected chi connectivity index (χ0v) is 15.5. The Balaban J connectivity index is 1.86. The van der Waals surface area contributed by atoms with Crippen LogP contribution in [0.4, 0.5) is 8.78 Å². The summed E-state index contributed by atoms with van der Waals surface area (Å²) in [4.78, 5) is 17.1. The molecular weight excluding hydrogens is 364 g/mol. The smallest absolute Gasteiger partial charge is 0.270 e. The fourth-order valence-electron chi connectivity index (χ4n) is 3.20. The van der Waals surface area contributed by atoms with E-state index in [0.717, 1.165) is 24.5 Å². The van der Waals surface area contributed by atoms with Crippen molar-refractivity contribution in [3.05, 3.63) is 59.2 Å². The molecule has 0 aromatic heterocycles. The first-order chi connectivity index (χ1) is 13.6. The molecule has 0 fully saturated rings. The minimum absolute atomic E-state index is 0.0352. The molecule has 3 N–H and O–H groups in total. The van der Waals surface area contributed by atoms with E-state index in [9.17, 15) is 13.6 Å². The molecule has 2 aromatic carbocycles.